The molecule has 1 aromatic carbocycles. The number of ether oxygens (including phenoxy) is 2. The van der Waals surface area contributed by atoms with Gasteiger partial charge in [0.05, 0.1) is 26.9 Å². The molecular weight excluding hydrogens is 406 g/mol. The summed E-state index contributed by atoms with van der Waals surface area (Å²) in [5.74, 6) is 2.71. The van der Waals surface area contributed by atoms with Crippen LogP contribution >= 0.6 is 0 Å². The van der Waals surface area contributed by atoms with E-state index in [0.29, 0.717) is 6.04 Å². The molecule has 3 rings (SSSR count). The first kappa shape index (κ1) is 24.0. The highest BCUT2D eigenvalue weighted by Crippen LogP contribution is 2.11. The summed E-state index contributed by atoms with van der Waals surface area (Å²) in [5, 5.41) is 15.1. The van der Waals surface area contributed by atoms with Gasteiger partial charge in [0.1, 0.15) is 17.9 Å². The molecule has 9 heteroatoms. The number of morpholine rings is 1. The second kappa shape index (κ2) is 13.0. The Balaban J connectivity index is 1.53. The zero-order valence-electron chi connectivity index (χ0n) is 19.6. The lowest BCUT2D eigenvalue weighted by atomic mass is 10.1. The highest BCUT2D eigenvalue weighted by molar-refractivity contribution is 5.79. The van der Waals surface area contributed by atoms with Gasteiger partial charge in [-0.2, -0.15) is 0 Å². The lowest BCUT2D eigenvalue weighted by molar-refractivity contribution is 0.0220. The zero-order valence-corrected chi connectivity index (χ0v) is 19.6. The summed E-state index contributed by atoms with van der Waals surface area (Å²) in [6, 6.07) is 8.57. The van der Waals surface area contributed by atoms with E-state index >= 15 is 0 Å². The summed E-state index contributed by atoms with van der Waals surface area (Å²) < 4.78 is 12.8. The average molecular weight is 444 g/mol. The van der Waals surface area contributed by atoms with Crippen molar-refractivity contribution in [2.24, 2.45) is 4.99 Å². The Hall–Kier alpha value is -2.65. The van der Waals surface area contributed by atoms with E-state index in [1.807, 2.05) is 12.1 Å². The van der Waals surface area contributed by atoms with Crippen LogP contribution in [-0.4, -0.2) is 84.7 Å². The Kier molecular flexibility index (Phi) is 9.77. The van der Waals surface area contributed by atoms with Crippen molar-refractivity contribution in [2.45, 2.75) is 39.3 Å². The van der Waals surface area contributed by atoms with Crippen molar-refractivity contribution < 1.29 is 9.47 Å². The molecular formula is C23H37N7O2. The third-order valence-electron chi connectivity index (χ3n) is 5.70. The SMILES string of the molecule is CCc1nncn1CCNC(=NCC(C)N1CCOCC1)NCCc1ccc(OC)cc1. The van der Waals surface area contributed by atoms with Gasteiger partial charge in [0, 0.05) is 45.2 Å². The molecule has 2 heterocycles. The molecule has 0 radical (unpaired) electrons. The average Bonchev–Trinajstić information content (AvgIpc) is 3.30. The number of nitrogens with one attached hydrogen (secondary N) is 2. The summed E-state index contributed by atoms with van der Waals surface area (Å²) in [6.07, 6.45) is 3.57. The van der Waals surface area contributed by atoms with Crippen molar-refractivity contribution >= 4 is 5.96 Å². The van der Waals surface area contributed by atoms with E-state index in [1.165, 1.54) is 5.56 Å². The van der Waals surface area contributed by atoms with Crippen LogP contribution in [0, 0.1) is 0 Å². The standard InChI is InChI=1S/C23H37N7O2/c1-4-22-28-27-18-30(22)12-11-25-23(26-17-19(2)29-13-15-32-16-14-29)24-10-9-20-5-7-21(31-3)8-6-20/h5-8,18-19H,4,9-17H2,1-3H3,(H2,24,25,26). The first-order valence-corrected chi connectivity index (χ1v) is 11.5. The maximum atomic E-state index is 5.47. The largest absolute Gasteiger partial charge is 0.497 e. The summed E-state index contributed by atoms with van der Waals surface area (Å²) in [4.78, 5) is 7.31. The predicted molar refractivity (Wildman–Crippen MR) is 126 cm³/mol. The van der Waals surface area contributed by atoms with Crippen LogP contribution in [0.1, 0.15) is 25.2 Å². The summed E-state index contributed by atoms with van der Waals surface area (Å²) in [6.45, 7) is 11.0. The van der Waals surface area contributed by atoms with E-state index < -0.39 is 0 Å². The quantitative estimate of drug-likeness (QED) is 0.400. The predicted octanol–water partition coefficient (Wildman–Crippen LogP) is 1.35. The summed E-state index contributed by atoms with van der Waals surface area (Å²) in [7, 11) is 1.69. The monoisotopic (exact) mass is 443 g/mol. The van der Waals surface area contributed by atoms with Gasteiger partial charge in [0.15, 0.2) is 5.96 Å². The van der Waals surface area contributed by atoms with Crippen LogP contribution in [-0.2, 0) is 24.1 Å². The molecule has 2 aromatic rings. The van der Waals surface area contributed by atoms with Gasteiger partial charge in [-0.15, -0.1) is 10.2 Å². The molecule has 9 nitrogen and oxygen atoms in total. The minimum Gasteiger partial charge on any atom is -0.497 e. The van der Waals surface area contributed by atoms with Crippen LogP contribution in [0.4, 0.5) is 0 Å². The van der Waals surface area contributed by atoms with Crippen molar-refractivity contribution in [2.75, 3.05) is 53.0 Å². The Morgan fingerprint density at radius 2 is 1.94 bits per heavy atom. The van der Waals surface area contributed by atoms with Gasteiger partial charge in [-0.25, -0.2) is 0 Å². The normalized spacial score (nSPS) is 16.0. The van der Waals surface area contributed by atoms with Crippen LogP contribution in [0.2, 0.25) is 0 Å². The van der Waals surface area contributed by atoms with E-state index in [1.54, 1.807) is 13.4 Å². The number of benzene rings is 1. The molecule has 2 N–H and O–H groups in total. The summed E-state index contributed by atoms with van der Waals surface area (Å²) >= 11 is 0. The van der Waals surface area contributed by atoms with Crippen molar-refractivity contribution in [3.63, 3.8) is 0 Å². The molecule has 1 aromatic heterocycles. The molecule has 1 unspecified atom stereocenters. The Morgan fingerprint density at radius 1 is 1.19 bits per heavy atom. The smallest absolute Gasteiger partial charge is 0.191 e. The van der Waals surface area contributed by atoms with Crippen LogP contribution < -0.4 is 15.4 Å². The van der Waals surface area contributed by atoms with Crippen molar-refractivity contribution in [1.82, 2.24) is 30.3 Å². The molecule has 0 saturated carbocycles. The van der Waals surface area contributed by atoms with Crippen molar-refractivity contribution in [3.05, 3.63) is 42.0 Å². The fraction of sp³-hybridized carbons (Fsp3) is 0.609. The third-order valence-corrected chi connectivity index (χ3v) is 5.70. The van der Waals surface area contributed by atoms with Gasteiger partial charge >= 0.3 is 0 Å². The van der Waals surface area contributed by atoms with Gasteiger partial charge < -0.3 is 24.7 Å². The van der Waals surface area contributed by atoms with Gasteiger partial charge in [0.25, 0.3) is 0 Å². The summed E-state index contributed by atoms with van der Waals surface area (Å²) in [5.41, 5.74) is 1.26. The van der Waals surface area contributed by atoms with Crippen LogP contribution in [0.3, 0.4) is 0 Å². The van der Waals surface area contributed by atoms with Gasteiger partial charge in [-0.3, -0.25) is 9.89 Å². The fourth-order valence-corrected chi connectivity index (χ4v) is 3.68. The number of nitrogens with zero attached hydrogens (tertiary/aromatic N) is 5. The molecule has 0 spiro atoms. The zero-order chi connectivity index (χ0) is 22.6. The molecule has 0 bridgehead atoms. The van der Waals surface area contributed by atoms with Crippen molar-refractivity contribution in [1.29, 1.82) is 0 Å². The lowest BCUT2D eigenvalue weighted by Crippen LogP contribution is -2.45. The molecule has 1 saturated heterocycles. The number of hydrogen-bond acceptors (Lipinski definition) is 6. The molecule has 1 fully saturated rings. The van der Waals surface area contributed by atoms with E-state index in [4.69, 9.17) is 14.5 Å². The first-order valence-electron chi connectivity index (χ1n) is 11.5. The topological polar surface area (TPSA) is 88.8 Å². The number of rotatable bonds is 11. The second-order valence-corrected chi connectivity index (χ2v) is 7.93. The van der Waals surface area contributed by atoms with Crippen LogP contribution in [0.5, 0.6) is 5.75 Å². The Labute approximate surface area is 191 Å². The molecule has 32 heavy (non-hydrogen) atoms. The Bertz CT molecular complexity index is 816. The van der Waals surface area contributed by atoms with Crippen LogP contribution in [0.15, 0.2) is 35.6 Å². The van der Waals surface area contributed by atoms with E-state index in [-0.39, 0.29) is 0 Å². The van der Waals surface area contributed by atoms with Gasteiger partial charge in [0.2, 0.25) is 0 Å². The highest BCUT2D eigenvalue weighted by atomic mass is 16.5. The molecule has 1 aliphatic heterocycles. The van der Waals surface area contributed by atoms with E-state index in [2.05, 4.69) is 56.3 Å². The number of aromatic nitrogens is 3. The lowest BCUT2D eigenvalue weighted by Gasteiger charge is -2.31. The Morgan fingerprint density at radius 3 is 2.66 bits per heavy atom. The van der Waals surface area contributed by atoms with Gasteiger partial charge in [-0.05, 0) is 31.0 Å². The molecule has 176 valence electrons. The fourth-order valence-electron chi connectivity index (χ4n) is 3.68. The first-order chi connectivity index (χ1) is 15.7. The number of methoxy groups -OCH3 is 1. The molecule has 0 aliphatic carbocycles. The number of guanidine groups is 1. The van der Waals surface area contributed by atoms with E-state index in [0.717, 1.165) is 82.9 Å². The second-order valence-electron chi connectivity index (χ2n) is 7.93. The van der Waals surface area contributed by atoms with Gasteiger partial charge in [-0.1, -0.05) is 19.1 Å². The maximum Gasteiger partial charge on any atom is 0.191 e. The number of aryl methyl sites for hydroxylation is 1. The minimum atomic E-state index is 0.378. The number of hydrogen-bond donors (Lipinski definition) is 2. The molecule has 1 atom stereocenters. The minimum absolute atomic E-state index is 0.378. The third kappa shape index (κ3) is 7.49. The number of aliphatic imine (C=N–C) groups is 1. The maximum absolute atomic E-state index is 5.47. The molecule has 1 aliphatic rings. The highest BCUT2D eigenvalue weighted by Gasteiger charge is 2.16. The van der Waals surface area contributed by atoms with Crippen molar-refractivity contribution in [3.8, 4) is 5.75 Å². The molecule has 0 amide bonds. The van der Waals surface area contributed by atoms with Crippen LogP contribution in [0.25, 0.3) is 0 Å². The van der Waals surface area contributed by atoms with E-state index in [9.17, 15) is 0 Å².